The molecule has 0 aromatic carbocycles. The molecule has 18 heavy (non-hydrogen) atoms. The molecular formula is C16H32Sn2. The van der Waals surface area contributed by atoms with E-state index in [1.54, 1.807) is 38.5 Å². The molecule has 0 radical (unpaired) electrons. The van der Waals surface area contributed by atoms with Gasteiger partial charge in [-0.3, -0.25) is 0 Å². The summed E-state index contributed by atoms with van der Waals surface area (Å²) in [6.45, 7) is 0. The van der Waals surface area contributed by atoms with Gasteiger partial charge in [-0.1, -0.05) is 0 Å². The standard InChI is InChI=1S/C10H14.6CH3.2Sn/c1-7-2-9-4-8(1)5-10(3-7)6-9;;;;;;;;/h7-8H,1-6H2;6*1H3;;. The molecule has 0 saturated heterocycles. The maximum absolute atomic E-state index is 2.74. The molecular weight excluding hydrogens is 430 g/mol. The van der Waals surface area contributed by atoms with Crippen LogP contribution in [0.4, 0.5) is 0 Å². The molecule has 0 aliphatic heterocycles. The summed E-state index contributed by atoms with van der Waals surface area (Å²) in [5, 5.41) is 0. The van der Waals surface area contributed by atoms with Crippen molar-refractivity contribution < 1.29 is 0 Å². The predicted octanol–water partition coefficient (Wildman–Crippen LogP) is 5.76. The second-order valence-electron chi connectivity index (χ2n) is 10.0. The van der Waals surface area contributed by atoms with Crippen LogP contribution in [-0.4, -0.2) is 36.8 Å². The molecule has 0 N–H and O–H groups in total. The SMILES string of the molecule is [CH3][Sn]([CH3])([CH3])[C]12CC3CC(C1)C[C]([Sn]([CH3])([CH3])[CH3])(C3)C2. The molecule has 0 nitrogen and oxygen atoms in total. The van der Waals surface area contributed by atoms with Crippen LogP contribution in [0.5, 0.6) is 0 Å². The van der Waals surface area contributed by atoms with E-state index in [0.29, 0.717) is 0 Å². The molecule has 4 aliphatic rings. The fraction of sp³-hybridized carbons (Fsp3) is 1.00. The summed E-state index contributed by atoms with van der Waals surface area (Å²) < 4.78 is 1.84. The molecule has 4 rings (SSSR count). The number of hydrogen-bond donors (Lipinski definition) is 0. The summed E-state index contributed by atoms with van der Waals surface area (Å²) in [6.07, 6.45) is 9.96. The molecule has 2 heteroatoms. The first-order valence-corrected chi connectivity index (χ1v) is 28.0. The van der Waals surface area contributed by atoms with Gasteiger partial charge in [0.2, 0.25) is 0 Å². The third-order valence-corrected chi connectivity index (χ3v) is 28.7. The molecule has 0 spiro atoms. The molecule has 4 bridgehead atoms. The van der Waals surface area contributed by atoms with Gasteiger partial charge in [-0.25, -0.2) is 0 Å². The average molecular weight is 462 g/mol. The third-order valence-electron chi connectivity index (χ3n) is 7.24. The van der Waals surface area contributed by atoms with Crippen molar-refractivity contribution in [3.8, 4) is 0 Å². The van der Waals surface area contributed by atoms with Crippen molar-refractivity contribution in [3.05, 3.63) is 0 Å². The Kier molecular flexibility index (Phi) is 3.29. The monoisotopic (exact) mass is 464 g/mol. The Bertz CT molecular complexity index is 312. The van der Waals surface area contributed by atoms with Gasteiger partial charge in [0.1, 0.15) is 0 Å². The van der Waals surface area contributed by atoms with Crippen molar-refractivity contribution in [1.82, 2.24) is 0 Å². The van der Waals surface area contributed by atoms with Gasteiger partial charge in [0.25, 0.3) is 0 Å². The van der Waals surface area contributed by atoms with Crippen LogP contribution in [0.25, 0.3) is 0 Å². The van der Waals surface area contributed by atoms with Crippen molar-refractivity contribution in [2.45, 2.75) is 75.0 Å². The fourth-order valence-corrected chi connectivity index (χ4v) is 22.7. The Morgan fingerprint density at radius 3 is 1.28 bits per heavy atom. The topological polar surface area (TPSA) is 0 Å². The molecule has 4 saturated carbocycles. The molecule has 104 valence electrons. The van der Waals surface area contributed by atoms with E-state index in [0.717, 1.165) is 18.7 Å². The van der Waals surface area contributed by atoms with Gasteiger partial charge >= 0.3 is 124 Å². The van der Waals surface area contributed by atoms with Crippen LogP contribution in [0.3, 0.4) is 0 Å². The quantitative estimate of drug-likeness (QED) is 0.459. The van der Waals surface area contributed by atoms with E-state index in [2.05, 4.69) is 29.6 Å². The van der Waals surface area contributed by atoms with E-state index in [-0.39, 0.29) is 0 Å². The van der Waals surface area contributed by atoms with E-state index in [9.17, 15) is 0 Å². The normalized spacial score (nSPS) is 47.7. The van der Waals surface area contributed by atoms with Gasteiger partial charge in [-0.05, 0) is 0 Å². The van der Waals surface area contributed by atoms with Crippen molar-refractivity contribution in [3.63, 3.8) is 0 Å². The van der Waals surface area contributed by atoms with Crippen LogP contribution in [0.2, 0.25) is 36.5 Å². The summed E-state index contributed by atoms with van der Waals surface area (Å²) in [4.78, 5) is 16.5. The molecule has 0 unspecified atom stereocenters. The fourth-order valence-electron chi connectivity index (χ4n) is 6.02. The van der Waals surface area contributed by atoms with Crippen LogP contribution >= 0.6 is 0 Å². The third kappa shape index (κ3) is 1.97. The number of hydrogen-bond acceptors (Lipinski definition) is 0. The van der Waals surface area contributed by atoms with E-state index < -0.39 is 36.8 Å². The van der Waals surface area contributed by atoms with Crippen LogP contribution in [0.1, 0.15) is 38.5 Å². The van der Waals surface area contributed by atoms with Crippen LogP contribution in [0, 0.1) is 11.8 Å². The summed E-state index contributed by atoms with van der Waals surface area (Å²) >= 11 is -3.57. The Morgan fingerprint density at radius 2 is 1.00 bits per heavy atom. The zero-order chi connectivity index (χ0) is 13.4. The van der Waals surface area contributed by atoms with Gasteiger partial charge in [0.15, 0.2) is 0 Å². The van der Waals surface area contributed by atoms with E-state index in [4.69, 9.17) is 0 Å². The van der Waals surface area contributed by atoms with E-state index >= 15 is 0 Å². The Morgan fingerprint density at radius 1 is 0.667 bits per heavy atom. The minimum atomic E-state index is -1.79. The molecule has 0 amide bonds. The van der Waals surface area contributed by atoms with Gasteiger partial charge in [-0.15, -0.1) is 0 Å². The summed E-state index contributed by atoms with van der Waals surface area (Å²) in [7, 11) is 0. The molecule has 0 aromatic rings. The maximum atomic E-state index is 2.74. The summed E-state index contributed by atoms with van der Waals surface area (Å²) in [6, 6.07) is 0. The van der Waals surface area contributed by atoms with Crippen LogP contribution in [0.15, 0.2) is 0 Å². The first-order chi connectivity index (χ1) is 8.07. The van der Waals surface area contributed by atoms with Crippen molar-refractivity contribution in [2.75, 3.05) is 0 Å². The molecule has 4 aliphatic carbocycles. The predicted molar refractivity (Wildman–Crippen MR) is 86.8 cm³/mol. The zero-order valence-electron chi connectivity index (χ0n) is 13.4. The van der Waals surface area contributed by atoms with Crippen LogP contribution < -0.4 is 0 Å². The molecule has 4 fully saturated rings. The first kappa shape index (κ1) is 14.5. The van der Waals surface area contributed by atoms with Crippen LogP contribution in [-0.2, 0) is 0 Å². The second-order valence-corrected chi connectivity index (χ2v) is 41.8. The minimum absolute atomic E-state index is 0.920. The molecule has 0 atom stereocenters. The average Bonchev–Trinajstić information content (AvgIpc) is 2.11. The van der Waals surface area contributed by atoms with Crippen molar-refractivity contribution >= 4 is 36.8 Å². The van der Waals surface area contributed by atoms with Crippen molar-refractivity contribution in [2.24, 2.45) is 11.8 Å². The first-order valence-electron chi connectivity index (χ1n) is 8.07. The van der Waals surface area contributed by atoms with Gasteiger partial charge in [0.05, 0.1) is 0 Å². The molecule has 0 heterocycles. The van der Waals surface area contributed by atoms with E-state index in [1.807, 2.05) is 0 Å². The Balaban J connectivity index is 2.03. The molecule has 0 aromatic heterocycles. The summed E-state index contributed by atoms with van der Waals surface area (Å²) in [5.41, 5.74) is 0. The number of rotatable bonds is 2. The zero-order valence-corrected chi connectivity index (χ0v) is 19.1. The van der Waals surface area contributed by atoms with E-state index in [1.165, 1.54) is 0 Å². The van der Waals surface area contributed by atoms with Gasteiger partial charge < -0.3 is 0 Å². The Labute approximate surface area is 122 Å². The van der Waals surface area contributed by atoms with Crippen molar-refractivity contribution in [1.29, 1.82) is 0 Å². The summed E-state index contributed by atoms with van der Waals surface area (Å²) in [5.74, 6) is 2.30. The Hall–Kier alpha value is 1.60. The second kappa shape index (κ2) is 4.07. The van der Waals surface area contributed by atoms with Gasteiger partial charge in [-0.2, -0.15) is 0 Å². The van der Waals surface area contributed by atoms with Gasteiger partial charge in [0, 0.05) is 0 Å².